The van der Waals surface area contributed by atoms with Gasteiger partial charge in [-0.2, -0.15) is 0 Å². The Morgan fingerprint density at radius 2 is 1.81 bits per heavy atom. The molecule has 2 N–H and O–H groups in total. The van der Waals surface area contributed by atoms with Crippen LogP contribution in [0.5, 0.6) is 0 Å². The quantitative estimate of drug-likeness (QED) is 0.442. The van der Waals surface area contributed by atoms with E-state index >= 15 is 0 Å². The highest BCUT2D eigenvalue weighted by Crippen LogP contribution is 2.28. The maximum atomic E-state index is 12.8. The third-order valence-corrected chi connectivity index (χ3v) is 7.22. The lowest BCUT2D eigenvalue weighted by molar-refractivity contribution is 0.103. The Labute approximate surface area is 187 Å². The molecule has 0 aliphatic rings. The predicted molar refractivity (Wildman–Crippen MR) is 122 cm³/mol. The molecule has 12 heteroatoms. The van der Waals surface area contributed by atoms with Gasteiger partial charge in [0.25, 0.3) is 21.5 Å². The van der Waals surface area contributed by atoms with Crippen LogP contribution in [0.15, 0.2) is 58.7 Å². The molecule has 0 spiro atoms. The highest BCUT2D eigenvalue weighted by Gasteiger charge is 2.20. The molecular weight excluding hydrogens is 452 g/mol. The van der Waals surface area contributed by atoms with E-state index in [4.69, 9.17) is 0 Å². The summed E-state index contributed by atoms with van der Waals surface area (Å²) in [6.07, 6.45) is 4.31. The minimum absolute atomic E-state index is 0.00897. The van der Waals surface area contributed by atoms with Gasteiger partial charge in [0.05, 0.1) is 21.5 Å². The van der Waals surface area contributed by atoms with Crippen molar-refractivity contribution in [2.75, 3.05) is 10.0 Å². The van der Waals surface area contributed by atoms with Gasteiger partial charge in [0, 0.05) is 24.6 Å². The van der Waals surface area contributed by atoms with Gasteiger partial charge in [0.2, 0.25) is 5.95 Å². The molecular formula is C20H18N6O4S2. The van der Waals surface area contributed by atoms with Crippen molar-refractivity contribution in [3.63, 3.8) is 0 Å². The van der Waals surface area contributed by atoms with Gasteiger partial charge < -0.3 is 5.32 Å². The van der Waals surface area contributed by atoms with Crippen molar-refractivity contribution in [1.82, 2.24) is 19.5 Å². The Hall–Kier alpha value is -3.64. The fraction of sp³-hybridized carbons (Fsp3) is 0.150. The third-order valence-electron chi connectivity index (χ3n) is 4.68. The minimum Gasteiger partial charge on any atom is -0.321 e. The number of amides is 1. The predicted octanol–water partition coefficient (Wildman–Crippen LogP) is 2.63. The Balaban J connectivity index is 1.55. The van der Waals surface area contributed by atoms with Crippen LogP contribution >= 0.6 is 11.3 Å². The van der Waals surface area contributed by atoms with Gasteiger partial charge >= 0.3 is 0 Å². The van der Waals surface area contributed by atoms with E-state index in [1.807, 2.05) is 6.92 Å². The van der Waals surface area contributed by atoms with Crippen LogP contribution in [0.25, 0.3) is 10.2 Å². The van der Waals surface area contributed by atoms with Crippen molar-refractivity contribution in [2.45, 2.75) is 25.3 Å². The normalized spacial score (nSPS) is 11.4. The monoisotopic (exact) mass is 470 g/mol. The maximum Gasteiger partial charge on any atom is 0.266 e. The standard InChI is InChI=1S/C20H18N6O4S2/c1-3-26-11-23-18-15(19(26)28)12(2)16(31-18)17(27)24-13-5-7-14(8-6-13)32(29,30)25-20-21-9-4-10-22-20/h4-11H,3H2,1-2H3,(H,24,27)(H,21,22,25). The molecule has 10 nitrogen and oxygen atoms in total. The summed E-state index contributed by atoms with van der Waals surface area (Å²) in [6.45, 7) is 4.04. The molecule has 4 aromatic rings. The summed E-state index contributed by atoms with van der Waals surface area (Å²) in [5, 5.41) is 3.16. The molecule has 4 rings (SSSR count). The molecule has 3 aromatic heterocycles. The third kappa shape index (κ3) is 4.09. The van der Waals surface area contributed by atoms with Gasteiger partial charge in [-0.05, 0) is 49.7 Å². The highest BCUT2D eigenvalue weighted by molar-refractivity contribution is 7.92. The second-order valence-electron chi connectivity index (χ2n) is 6.73. The van der Waals surface area contributed by atoms with E-state index in [2.05, 4.69) is 25.0 Å². The topological polar surface area (TPSA) is 136 Å². The fourth-order valence-electron chi connectivity index (χ4n) is 3.04. The highest BCUT2D eigenvalue weighted by atomic mass is 32.2. The first-order valence-electron chi connectivity index (χ1n) is 9.50. The Bertz CT molecular complexity index is 1460. The van der Waals surface area contributed by atoms with Crippen molar-refractivity contribution < 1.29 is 13.2 Å². The van der Waals surface area contributed by atoms with E-state index in [9.17, 15) is 18.0 Å². The van der Waals surface area contributed by atoms with E-state index in [0.717, 1.165) is 11.3 Å². The van der Waals surface area contributed by atoms with Crippen molar-refractivity contribution in [1.29, 1.82) is 0 Å². The van der Waals surface area contributed by atoms with Crippen molar-refractivity contribution in [2.24, 2.45) is 0 Å². The van der Waals surface area contributed by atoms with Crippen LogP contribution in [-0.4, -0.2) is 33.8 Å². The zero-order valence-corrected chi connectivity index (χ0v) is 18.7. The Morgan fingerprint density at radius 1 is 1.12 bits per heavy atom. The second-order valence-corrected chi connectivity index (χ2v) is 9.41. The van der Waals surface area contributed by atoms with Gasteiger partial charge in [-0.15, -0.1) is 11.3 Å². The van der Waals surface area contributed by atoms with Gasteiger partial charge in [0.1, 0.15) is 4.83 Å². The van der Waals surface area contributed by atoms with Gasteiger partial charge in [-0.1, -0.05) is 0 Å². The molecule has 0 unspecified atom stereocenters. The summed E-state index contributed by atoms with van der Waals surface area (Å²) < 4.78 is 28.7. The number of hydrogen-bond donors (Lipinski definition) is 2. The average molecular weight is 471 g/mol. The SMILES string of the molecule is CCn1cnc2sc(C(=O)Nc3ccc(S(=O)(=O)Nc4ncccn4)cc3)c(C)c2c1=O. The average Bonchev–Trinajstić information content (AvgIpc) is 3.12. The summed E-state index contributed by atoms with van der Waals surface area (Å²) in [5.74, 6) is -0.444. The minimum atomic E-state index is -3.88. The molecule has 164 valence electrons. The zero-order chi connectivity index (χ0) is 22.9. The van der Waals surface area contributed by atoms with E-state index < -0.39 is 15.9 Å². The number of carbonyl (C=O) groups is 1. The molecule has 32 heavy (non-hydrogen) atoms. The number of hydrogen-bond acceptors (Lipinski definition) is 8. The maximum absolute atomic E-state index is 12.8. The molecule has 3 heterocycles. The molecule has 0 aliphatic carbocycles. The lowest BCUT2D eigenvalue weighted by Gasteiger charge is -2.08. The molecule has 0 fully saturated rings. The largest absolute Gasteiger partial charge is 0.321 e. The number of fused-ring (bicyclic) bond motifs is 1. The molecule has 1 aromatic carbocycles. The van der Waals surface area contributed by atoms with Crippen LogP contribution < -0.4 is 15.6 Å². The molecule has 0 saturated heterocycles. The summed E-state index contributed by atoms with van der Waals surface area (Å²) >= 11 is 1.14. The van der Waals surface area contributed by atoms with Crippen LogP contribution in [0, 0.1) is 6.92 Å². The lowest BCUT2D eigenvalue weighted by Crippen LogP contribution is -2.19. The number of rotatable bonds is 6. The van der Waals surface area contributed by atoms with Crippen molar-refractivity contribution in [3.05, 3.63) is 69.8 Å². The molecule has 0 bridgehead atoms. The molecule has 1 amide bonds. The Morgan fingerprint density at radius 3 is 2.47 bits per heavy atom. The van der Waals surface area contributed by atoms with E-state index in [-0.39, 0.29) is 16.4 Å². The number of thiophene rings is 1. The molecule has 0 aliphatic heterocycles. The van der Waals surface area contributed by atoms with Crippen LogP contribution in [0.1, 0.15) is 22.2 Å². The van der Waals surface area contributed by atoms with Gasteiger partial charge in [-0.25, -0.2) is 28.1 Å². The number of carbonyl (C=O) groups excluding carboxylic acids is 1. The first kappa shape index (κ1) is 21.6. The number of nitrogens with one attached hydrogen (secondary N) is 2. The Kier molecular flexibility index (Phi) is 5.72. The van der Waals surface area contributed by atoms with Crippen molar-refractivity contribution in [3.8, 4) is 0 Å². The number of aromatic nitrogens is 4. The number of benzene rings is 1. The molecule has 0 radical (unpaired) electrons. The number of sulfonamides is 1. The van der Waals surface area contributed by atoms with E-state index in [1.54, 1.807) is 13.0 Å². The molecule has 0 atom stereocenters. The first-order chi connectivity index (χ1) is 15.3. The van der Waals surface area contributed by atoms with Gasteiger partial charge in [0.15, 0.2) is 0 Å². The van der Waals surface area contributed by atoms with Crippen LogP contribution in [0.3, 0.4) is 0 Å². The zero-order valence-electron chi connectivity index (χ0n) is 17.1. The summed E-state index contributed by atoms with van der Waals surface area (Å²) in [5.41, 5.74) is 0.782. The van der Waals surface area contributed by atoms with Crippen LogP contribution in [0.4, 0.5) is 11.6 Å². The van der Waals surface area contributed by atoms with E-state index in [1.165, 1.54) is 47.6 Å². The van der Waals surface area contributed by atoms with Crippen LogP contribution in [-0.2, 0) is 16.6 Å². The van der Waals surface area contributed by atoms with Gasteiger partial charge in [-0.3, -0.25) is 14.2 Å². The smallest absolute Gasteiger partial charge is 0.266 e. The van der Waals surface area contributed by atoms with E-state index in [0.29, 0.717) is 32.9 Å². The summed E-state index contributed by atoms with van der Waals surface area (Å²) in [6, 6.07) is 7.25. The van der Waals surface area contributed by atoms with Crippen molar-refractivity contribution >= 4 is 49.1 Å². The summed E-state index contributed by atoms with van der Waals surface area (Å²) in [7, 11) is -3.88. The molecule has 0 saturated carbocycles. The van der Waals surface area contributed by atoms with Crippen LogP contribution in [0.2, 0.25) is 0 Å². The fourth-order valence-corrected chi connectivity index (χ4v) is 5.03. The first-order valence-corrected chi connectivity index (χ1v) is 11.8. The number of nitrogens with zero attached hydrogens (tertiary/aromatic N) is 4. The lowest BCUT2D eigenvalue weighted by atomic mass is 10.2. The summed E-state index contributed by atoms with van der Waals surface area (Å²) in [4.78, 5) is 38.2. The second kappa shape index (κ2) is 8.48. The number of aryl methyl sites for hydroxylation is 2. The number of anilines is 2.